The molecule has 0 aliphatic heterocycles. The molecule has 2 heterocycles. The van der Waals surface area contributed by atoms with E-state index in [-0.39, 0.29) is 11.4 Å². The average Bonchev–Trinajstić information content (AvgIpc) is 2.42. The van der Waals surface area contributed by atoms with E-state index in [2.05, 4.69) is 27.2 Å². The summed E-state index contributed by atoms with van der Waals surface area (Å²) in [5.41, 5.74) is 7.26. The molecule has 0 atom stereocenters. The number of nitrogens with zero attached hydrogens (tertiary/aromatic N) is 2. The molecule has 0 fully saturated rings. The van der Waals surface area contributed by atoms with Crippen molar-refractivity contribution < 1.29 is 0 Å². The normalized spacial score (nSPS) is 10.4. The Morgan fingerprint density at radius 2 is 2.30 bits per heavy atom. The summed E-state index contributed by atoms with van der Waals surface area (Å²) in [6, 6.07) is 5.19. The molecule has 0 aliphatic carbocycles. The number of thioether (sulfide) groups is 1. The number of aromatic amines is 1. The van der Waals surface area contributed by atoms with Crippen LogP contribution in [0.5, 0.6) is 0 Å². The van der Waals surface area contributed by atoms with Gasteiger partial charge in [0.2, 0.25) is 0 Å². The molecule has 0 amide bonds. The van der Waals surface area contributed by atoms with Crippen molar-refractivity contribution in [2.45, 2.75) is 24.3 Å². The van der Waals surface area contributed by atoms with Gasteiger partial charge in [-0.15, -0.1) is 0 Å². The van der Waals surface area contributed by atoms with Crippen molar-refractivity contribution in [1.29, 1.82) is 0 Å². The number of hydrogen-bond acceptors (Lipinski definition) is 6. The molecule has 2 aromatic heterocycles. The Hall–Kier alpha value is -2.02. The van der Waals surface area contributed by atoms with E-state index in [9.17, 15) is 4.79 Å². The fourth-order valence-corrected chi connectivity index (χ4v) is 2.39. The Bertz CT molecular complexity index is 628. The lowest BCUT2D eigenvalue weighted by Gasteiger charge is -2.06. The molecule has 0 saturated carbocycles. The van der Waals surface area contributed by atoms with Gasteiger partial charge in [0.05, 0.1) is 5.69 Å². The van der Waals surface area contributed by atoms with Crippen LogP contribution >= 0.6 is 11.8 Å². The van der Waals surface area contributed by atoms with Crippen molar-refractivity contribution in [3.05, 3.63) is 40.4 Å². The van der Waals surface area contributed by atoms with Crippen LogP contribution in [0.3, 0.4) is 0 Å². The van der Waals surface area contributed by atoms with Crippen molar-refractivity contribution in [3.63, 3.8) is 0 Å². The third-order valence-corrected chi connectivity index (χ3v) is 3.40. The van der Waals surface area contributed by atoms with Gasteiger partial charge in [0, 0.05) is 30.2 Å². The molecule has 0 aliphatic rings. The minimum atomic E-state index is -0.244. The maximum Gasteiger partial charge on any atom is 0.253 e. The van der Waals surface area contributed by atoms with E-state index in [0.717, 1.165) is 24.3 Å². The van der Waals surface area contributed by atoms with Gasteiger partial charge < -0.3 is 16.0 Å². The number of rotatable bonds is 6. The second-order valence-electron chi connectivity index (χ2n) is 4.23. The molecule has 20 heavy (non-hydrogen) atoms. The summed E-state index contributed by atoms with van der Waals surface area (Å²) in [5, 5.41) is 3.81. The van der Waals surface area contributed by atoms with Crippen LogP contribution in [-0.2, 0) is 5.75 Å². The number of hydrogen-bond donors (Lipinski definition) is 3. The molecular formula is C13H17N5OS. The predicted octanol–water partition coefficient (Wildman–Crippen LogP) is 1.86. The molecule has 0 saturated heterocycles. The third-order valence-electron chi connectivity index (χ3n) is 2.49. The molecule has 4 N–H and O–H groups in total. The molecule has 0 aromatic carbocycles. The largest absolute Gasteiger partial charge is 0.385 e. The molecule has 0 radical (unpaired) electrons. The Kier molecular flexibility index (Phi) is 5.00. The van der Waals surface area contributed by atoms with E-state index in [1.807, 2.05) is 12.1 Å². The van der Waals surface area contributed by atoms with E-state index < -0.39 is 0 Å². The van der Waals surface area contributed by atoms with Crippen LogP contribution in [0.15, 0.2) is 34.3 Å². The first kappa shape index (κ1) is 14.4. The summed E-state index contributed by atoms with van der Waals surface area (Å²) in [4.78, 5) is 22.3. The summed E-state index contributed by atoms with van der Waals surface area (Å²) < 4.78 is 0. The number of H-pyrrole nitrogens is 1. The number of pyridine rings is 1. The lowest BCUT2D eigenvalue weighted by Crippen LogP contribution is -2.09. The van der Waals surface area contributed by atoms with Crippen LogP contribution in [0.2, 0.25) is 0 Å². The zero-order valence-electron chi connectivity index (χ0n) is 11.2. The standard InChI is InChI=1S/C13H17N5OS/c1-2-4-15-9-3-5-16-10(6-9)8-20-13-17-11(14)7-12(19)18-13/h3,5-7H,2,4,8H2,1H3,(H,15,16)(H3,14,17,18,19). The number of nitrogens with one attached hydrogen (secondary N) is 2. The van der Waals surface area contributed by atoms with Gasteiger partial charge in [-0.3, -0.25) is 9.78 Å². The fourth-order valence-electron chi connectivity index (χ4n) is 1.60. The summed E-state index contributed by atoms with van der Waals surface area (Å²) in [6.45, 7) is 3.05. The lowest BCUT2D eigenvalue weighted by molar-refractivity contribution is 0.943. The van der Waals surface area contributed by atoms with Crippen LogP contribution < -0.4 is 16.6 Å². The maximum absolute atomic E-state index is 11.3. The number of nitrogens with two attached hydrogens (primary N) is 1. The molecule has 7 heteroatoms. The Labute approximate surface area is 121 Å². The Morgan fingerprint density at radius 3 is 3.05 bits per heavy atom. The smallest absolute Gasteiger partial charge is 0.253 e. The SMILES string of the molecule is CCCNc1ccnc(CSc2nc(N)cc(=O)[nH]2)c1. The van der Waals surface area contributed by atoms with Crippen LogP contribution in [0.25, 0.3) is 0 Å². The summed E-state index contributed by atoms with van der Waals surface area (Å²) >= 11 is 1.40. The van der Waals surface area contributed by atoms with Gasteiger partial charge in [0.25, 0.3) is 5.56 Å². The van der Waals surface area contributed by atoms with Crippen molar-refractivity contribution in [2.24, 2.45) is 0 Å². The van der Waals surface area contributed by atoms with Crippen molar-refractivity contribution >= 4 is 23.3 Å². The molecule has 2 rings (SSSR count). The van der Waals surface area contributed by atoms with E-state index in [1.54, 1.807) is 6.20 Å². The highest BCUT2D eigenvalue weighted by molar-refractivity contribution is 7.98. The van der Waals surface area contributed by atoms with Crippen molar-refractivity contribution in [1.82, 2.24) is 15.0 Å². The predicted molar refractivity (Wildman–Crippen MR) is 81.8 cm³/mol. The van der Waals surface area contributed by atoms with Crippen molar-refractivity contribution in [3.8, 4) is 0 Å². The van der Waals surface area contributed by atoms with Crippen LogP contribution in [0.1, 0.15) is 19.0 Å². The second-order valence-corrected chi connectivity index (χ2v) is 5.19. The first-order valence-corrected chi connectivity index (χ1v) is 7.34. The van der Waals surface area contributed by atoms with Crippen molar-refractivity contribution in [2.75, 3.05) is 17.6 Å². The minimum absolute atomic E-state index is 0.225. The third kappa shape index (κ3) is 4.27. The molecule has 0 spiro atoms. The molecule has 0 bridgehead atoms. The number of anilines is 2. The van der Waals surface area contributed by atoms with Crippen LogP contribution in [-0.4, -0.2) is 21.5 Å². The Balaban J connectivity index is 2.01. The summed E-state index contributed by atoms with van der Waals surface area (Å²) in [6.07, 6.45) is 2.84. The topological polar surface area (TPSA) is 96.7 Å². The van der Waals surface area contributed by atoms with Gasteiger partial charge >= 0.3 is 0 Å². The summed E-state index contributed by atoms with van der Waals surface area (Å²) in [5.74, 6) is 0.844. The zero-order chi connectivity index (χ0) is 14.4. The number of aromatic nitrogens is 3. The van der Waals surface area contributed by atoms with Gasteiger partial charge in [0.15, 0.2) is 5.16 Å². The summed E-state index contributed by atoms with van der Waals surface area (Å²) in [7, 11) is 0. The quantitative estimate of drug-likeness (QED) is 0.555. The van der Waals surface area contributed by atoms with Gasteiger partial charge in [-0.05, 0) is 18.6 Å². The monoisotopic (exact) mass is 291 g/mol. The highest BCUT2D eigenvalue weighted by atomic mass is 32.2. The molecule has 6 nitrogen and oxygen atoms in total. The van der Waals surface area contributed by atoms with Gasteiger partial charge in [-0.25, -0.2) is 4.98 Å². The first-order valence-electron chi connectivity index (χ1n) is 6.36. The molecule has 0 unspecified atom stereocenters. The van der Waals surface area contributed by atoms with Gasteiger partial charge in [-0.2, -0.15) is 0 Å². The zero-order valence-corrected chi connectivity index (χ0v) is 12.0. The van der Waals surface area contributed by atoms with Gasteiger partial charge in [0.1, 0.15) is 5.82 Å². The first-order chi connectivity index (χ1) is 9.67. The van der Waals surface area contributed by atoms with E-state index >= 15 is 0 Å². The average molecular weight is 291 g/mol. The lowest BCUT2D eigenvalue weighted by atomic mass is 10.3. The molecule has 2 aromatic rings. The highest BCUT2D eigenvalue weighted by Crippen LogP contribution is 2.19. The van der Waals surface area contributed by atoms with Gasteiger partial charge in [-0.1, -0.05) is 18.7 Å². The maximum atomic E-state index is 11.3. The van der Waals surface area contributed by atoms with E-state index in [4.69, 9.17) is 5.73 Å². The highest BCUT2D eigenvalue weighted by Gasteiger charge is 2.02. The molecule has 106 valence electrons. The second kappa shape index (κ2) is 6.95. The Morgan fingerprint density at radius 1 is 1.45 bits per heavy atom. The number of nitrogen functional groups attached to an aromatic ring is 1. The van der Waals surface area contributed by atoms with E-state index in [1.165, 1.54) is 17.8 Å². The van der Waals surface area contributed by atoms with E-state index in [0.29, 0.717) is 10.9 Å². The minimum Gasteiger partial charge on any atom is -0.385 e. The van der Waals surface area contributed by atoms with Crippen LogP contribution in [0, 0.1) is 0 Å². The molecular weight excluding hydrogens is 274 g/mol. The fraction of sp³-hybridized carbons (Fsp3) is 0.308. The van der Waals surface area contributed by atoms with Crippen LogP contribution in [0.4, 0.5) is 11.5 Å².